The highest BCUT2D eigenvalue weighted by Crippen LogP contribution is 2.27. The fourth-order valence-corrected chi connectivity index (χ4v) is 0.751. The maximum atomic E-state index is 12.0. The molecule has 0 saturated carbocycles. The van der Waals surface area contributed by atoms with Crippen LogP contribution in [0.2, 0.25) is 0 Å². The van der Waals surface area contributed by atoms with Gasteiger partial charge in [0.05, 0.1) is 12.1 Å². The SMILES string of the molecule is CNCc1ncc(C(F)(F)F)cn1. The van der Waals surface area contributed by atoms with Crippen molar-refractivity contribution in [1.29, 1.82) is 0 Å². The molecule has 1 N–H and O–H groups in total. The number of alkyl halides is 3. The molecule has 0 atom stereocenters. The Bertz CT molecular complexity index is 267. The second kappa shape index (κ2) is 3.69. The molecule has 0 aliphatic heterocycles. The molecular formula is C7H8F3N3. The fraction of sp³-hybridized carbons (Fsp3) is 0.429. The van der Waals surface area contributed by atoms with Gasteiger partial charge in [0.2, 0.25) is 0 Å². The molecule has 1 rings (SSSR count). The topological polar surface area (TPSA) is 37.8 Å². The molecule has 0 radical (unpaired) electrons. The first-order valence-electron chi connectivity index (χ1n) is 3.57. The summed E-state index contributed by atoms with van der Waals surface area (Å²) in [6.07, 6.45) is -2.81. The van der Waals surface area contributed by atoms with Crippen LogP contribution in [0.1, 0.15) is 11.4 Å². The molecule has 1 aromatic rings. The van der Waals surface area contributed by atoms with E-state index in [1.54, 1.807) is 7.05 Å². The Hall–Kier alpha value is -1.17. The molecule has 3 nitrogen and oxygen atoms in total. The number of hydrogen-bond donors (Lipinski definition) is 1. The first kappa shape index (κ1) is 9.91. The molecule has 0 saturated heterocycles. The Balaban J connectivity index is 2.81. The summed E-state index contributed by atoms with van der Waals surface area (Å²) in [6.45, 7) is 0.359. The minimum atomic E-state index is -4.36. The van der Waals surface area contributed by atoms with Crippen molar-refractivity contribution in [2.24, 2.45) is 0 Å². The molecule has 0 fully saturated rings. The van der Waals surface area contributed by atoms with Crippen LogP contribution in [0.5, 0.6) is 0 Å². The molecule has 0 aromatic carbocycles. The van der Waals surface area contributed by atoms with Crippen molar-refractivity contribution in [2.75, 3.05) is 7.05 Å². The van der Waals surface area contributed by atoms with Crippen LogP contribution in [0.3, 0.4) is 0 Å². The van der Waals surface area contributed by atoms with Gasteiger partial charge in [0.25, 0.3) is 0 Å². The molecule has 6 heteroatoms. The van der Waals surface area contributed by atoms with Gasteiger partial charge in [-0.15, -0.1) is 0 Å². The highest BCUT2D eigenvalue weighted by atomic mass is 19.4. The first-order valence-corrected chi connectivity index (χ1v) is 3.57. The van der Waals surface area contributed by atoms with Gasteiger partial charge in [-0.2, -0.15) is 13.2 Å². The predicted molar refractivity (Wildman–Crippen MR) is 39.8 cm³/mol. The molecule has 0 aliphatic carbocycles. The van der Waals surface area contributed by atoms with E-state index in [9.17, 15) is 13.2 Å². The van der Waals surface area contributed by atoms with E-state index in [1.165, 1.54) is 0 Å². The normalized spacial score (nSPS) is 11.7. The number of hydrogen-bond acceptors (Lipinski definition) is 3. The van der Waals surface area contributed by atoms with Crippen LogP contribution >= 0.6 is 0 Å². The number of nitrogens with one attached hydrogen (secondary N) is 1. The van der Waals surface area contributed by atoms with Gasteiger partial charge >= 0.3 is 6.18 Å². The average Bonchev–Trinajstić information content (AvgIpc) is 2.04. The van der Waals surface area contributed by atoms with Gasteiger partial charge in [-0.25, -0.2) is 9.97 Å². The van der Waals surface area contributed by atoms with Crippen LogP contribution < -0.4 is 5.32 Å². The summed E-state index contributed by atoms with van der Waals surface area (Å²) in [5.41, 5.74) is -0.827. The molecule has 72 valence electrons. The lowest BCUT2D eigenvalue weighted by molar-refractivity contribution is -0.138. The fourth-order valence-electron chi connectivity index (χ4n) is 0.751. The Morgan fingerprint density at radius 3 is 2.23 bits per heavy atom. The summed E-state index contributed by atoms with van der Waals surface area (Å²) >= 11 is 0. The molecule has 0 amide bonds. The van der Waals surface area contributed by atoms with Crippen molar-refractivity contribution in [3.8, 4) is 0 Å². The Morgan fingerprint density at radius 1 is 1.31 bits per heavy atom. The Labute approximate surface area is 73.0 Å². The van der Waals surface area contributed by atoms with Crippen LogP contribution in [0, 0.1) is 0 Å². The second-order valence-electron chi connectivity index (χ2n) is 2.42. The third kappa shape index (κ3) is 2.66. The smallest absolute Gasteiger partial charge is 0.313 e. The van der Waals surface area contributed by atoms with Gasteiger partial charge in [0.15, 0.2) is 0 Å². The predicted octanol–water partition coefficient (Wildman–Crippen LogP) is 1.21. The Morgan fingerprint density at radius 2 is 1.85 bits per heavy atom. The molecule has 0 unspecified atom stereocenters. The van der Waals surface area contributed by atoms with Gasteiger partial charge in [-0.3, -0.25) is 0 Å². The van der Waals surface area contributed by atoms with E-state index in [0.717, 1.165) is 12.4 Å². The monoisotopic (exact) mass is 191 g/mol. The molecule has 1 aromatic heterocycles. The van der Waals surface area contributed by atoms with Gasteiger partial charge in [0, 0.05) is 12.4 Å². The molecular weight excluding hydrogens is 183 g/mol. The Kier molecular flexibility index (Phi) is 2.82. The van der Waals surface area contributed by atoms with Crippen molar-refractivity contribution in [2.45, 2.75) is 12.7 Å². The van der Waals surface area contributed by atoms with E-state index >= 15 is 0 Å². The molecule has 0 aliphatic rings. The molecule has 13 heavy (non-hydrogen) atoms. The highest BCUT2D eigenvalue weighted by molar-refractivity contribution is 5.09. The summed E-state index contributed by atoms with van der Waals surface area (Å²) in [6, 6.07) is 0. The zero-order chi connectivity index (χ0) is 9.90. The summed E-state index contributed by atoms with van der Waals surface area (Å²) in [7, 11) is 1.67. The third-order valence-corrected chi connectivity index (χ3v) is 1.37. The van der Waals surface area contributed by atoms with Crippen molar-refractivity contribution in [3.63, 3.8) is 0 Å². The van der Waals surface area contributed by atoms with Crippen LogP contribution in [0.15, 0.2) is 12.4 Å². The highest BCUT2D eigenvalue weighted by Gasteiger charge is 2.31. The standard InChI is InChI=1S/C7H8F3N3/c1-11-4-6-12-2-5(3-13-6)7(8,9)10/h2-3,11H,4H2,1H3. The van der Waals surface area contributed by atoms with Gasteiger partial charge in [0.1, 0.15) is 5.82 Å². The van der Waals surface area contributed by atoms with Crippen LogP contribution in [0.4, 0.5) is 13.2 Å². The van der Waals surface area contributed by atoms with E-state index in [1.807, 2.05) is 0 Å². The van der Waals surface area contributed by atoms with Crippen LogP contribution in [-0.4, -0.2) is 17.0 Å². The number of aromatic nitrogens is 2. The lowest BCUT2D eigenvalue weighted by Crippen LogP contribution is -2.11. The van der Waals surface area contributed by atoms with Crippen LogP contribution in [0.25, 0.3) is 0 Å². The van der Waals surface area contributed by atoms with Crippen molar-refractivity contribution < 1.29 is 13.2 Å². The van der Waals surface area contributed by atoms with E-state index in [2.05, 4.69) is 15.3 Å². The third-order valence-electron chi connectivity index (χ3n) is 1.37. The molecule has 0 spiro atoms. The van der Waals surface area contributed by atoms with E-state index in [4.69, 9.17) is 0 Å². The quantitative estimate of drug-likeness (QED) is 0.763. The lowest BCUT2D eigenvalue weighted by atomic mass is 10.3. The zero-order valence-electron chi connectivity index (χ0n) is 6.89. The maximum absolute atomic E-state index is 12.0. The number of nitrogens with zero attached hydrogens (tertiary/aromatic N) is 2. The van der Waals surface area contributed by atoms with Crippen molar-refractivity contribution in [3.05, 3.63) is 23.8 Å². The minimum Gasteiger partial charge on any atom is -0.313 e. The van der Waals surface area contributed by atoms with Gasteiger partial charge < -0.3 is 5.32 Å². The van der Waals surface area contributed by atoms with Crippen molar-refractivity contribution >= 4 is 0 Å². The number of rotatable bonds is 2. The first-order chi connectivity index (χ1) is 6.04. The summed E-state index contributed by atoms with van der Waals surface area (Å²) in [5, 5.41) is 2.74. The summed E-state index contributed by atoms with van der Waals surface area (Å²) in [4.78, 5) is 7.08. The second-order valence-corrected chi connectivity index (χ2v) is 2.42. The van der Waals surface area contributed by atoms with Crippen molar-refractivity contribution in [1.82, 2.24) is 15.3 Å². The minimum absolute atomic E-state index is 0.343. The van der Waals surface area contributed by atoms with Crippen LogP contribution in [-0.2, 0) is 12.7 Å². The van der Waals surface area contributed by atoms with E-state index < -0.39 is 11.7 Å². The lowest BCUT2D eigenvalue weighted by Gasteiger charge is -2.05. The van der Waals surface area contributed by atoms with E-state index in [0.29, 0.717) is 12.4 Å². The van der Waals surface area contributed by atoms with Gasteiger partial charge in [-0.1, -0.05) is 0 Å². The van der Waals surface area contributed by atoms with E-state index in [-0.39, 0.29) is 0 Å². The largest absolute Gasteiger partial charge is 0.419 e. The zero-order valence-corrected chi connectivity index (χ0v) is 6.89. The molecule has 0 bridgehead atoms. The summed E-state index contributed by atoms with van der Waals surface area (Å²) in [5.74, 6) is 0.343. The summed E-state index contributed by atoms with van der Waals surface area (Å²) < 4.78 is 36.0. The average molecular weight is 191 g/mol. The maximum Gasteiger partial charge on any atom is 0.419 e. The molecule has 1 heterocycles. The van der Waals surface area contributed by atoms with Gasteiger partial charge in [-0.05, 0) is 7.05 Å². The number of halogens is 3.